The zero-order valence-corrected chi connectivity index (χ0v) is 10.3. The van der Waals surface area contributed by atoms with E-state index in [1.54, 1.807) is 6.92 Å². The smallest absolute Gasteiger partial charge is 0.129 e. The van der Waals surface area contributed by atoms with Gasteiger partial charge in [-0.05, 0) is 69.9 Å². The first-order chi connectivity index (χ1) is 7.74. The summed E-state index contributed by atoms with van der Waals surface area (Å²) in [7, 11) is 0. The van der Waals surface area contributed by atoms with Crippen LogP contribution < -0.4 is 0 Å². The topological polar surface area (TPSA) is 20.3 Å². The Hall–Kier alpha value is -0.370. The van der Waals surface area contributed by atoms with Crippen LogP contribution in [0.1, 0.15) is 45.4 Å². The number of piperidine rings is 3. The van der Waals surface area contributed by atoms with Gasteiger partial charge in [0, 0.05) is 12.5 Å². The minimum absolute atomic E-state index is 0.373. The van der Waals surface area contributed by atoms with Crippen LogP contribution in [0.3, 0.4) is 0 Å². The predicted molar refractivity (Wildman–Crippen MR) is 64.2 cm³/mol. The van der Waals surface area contributed by atoms with Crippen molar-refractivity contribution in [2.75, 3.05) is 13.1 Å². The molecule has 2 nitrogen and oxygen atoms in total. The molecule has 0 N–H and O–H groups in total. The lowest BCUT2D eigenvalue weighted by Gasteiger charge is -2.48. The Morgan fingerprint density at radius 2 is 2.00 bits per heavy atom. The molecule has 3 heterocycles. The molecule has 4 rings (SSSR count). The third-order valence-corrected chi connectivity index (χ3v) is 5.23. The van der Waals surface area contributed by atoms with Crippen LogP contribution in [0.4, 0.5) is 0 Å². The van der Waals surface area contributed by atoms with E-state index in [1.807, 2.05) is 0 Å². The fraction of sp³-hybridized carbons (Fsp3) is 0.929. The van der Waals surface area contributed by atoms with Crippen molar-refractivity contribution < 1.29 is 4.79 Å². The van der Waals surface area contributed by atoms with Gasteiger partial charge in [0.25, 0.3) is 0 Å². The zero-order chi connectivity index (χ0) is 11.1. The maximum absolute atomic E-state index is 11.0. The second-order valence-corrected chi connectivity index (χ2v) is 6.18. The highest BCUT2D eigenvalue weighted by atomic mass is 16.1. The first-order valence-electron chi connectivity index (χ1n) is 6.97. The van der Waals surface area contributed by atoms with Crippen LogP contribution >= 0.6 is 0 Å². The molecule has 1 aliphatic carbocycles. The normalized spacial score (nSPS) is 45.7. The molecule has 0 aromatic heterocycles. The van der Waals surface area contributed by atoms with Crippen LogP contribution in [0.15, 0.2) is 0 Å². The largest absolute Gasteiger partial charge is 0.300 e. The van der Waals surface area contributed by atoms with Crippen molar-refractivity contribution in [1.82, 2.24) is 4.90 Å². The van der Waals surface area contributed by atoms with E-state index in [0.717, 1.165) is 36.6 Å². The molecule has 4 fully saturated rings. The summed E-state index contributed by atoms with van der Waals surface area (Å²) in [6, 6.07) is 0.893. The summed E-state index contributed by atoms with van der Waals surface area (Å²) in [4.78, 5) is 13.8. The van der Waals surface area contributed by atoms with Gasteiger partial charge in [0.15, 0.2) is 0 Å². The maximum atomic E-state index is 11.0. The van der Waals surface area contributed by atoms with E-state index < -0.39 is 0 Å². The van der Waals surface area contributed by atoms with Gasteiger partial charge in [-0.1, -0.05) is 0 Å². The van der Waals surface area contributed by atoms with Gasteiger partial charge in [-0.25, -0.2) is 0 Å². The predicted octanol–water partition coefficient (Wildman–Crippen LogP) is 2.48. The molecule has 0 radical (unpaired) electrons. The van der Waals surface area contributed by atoms with Crippen LogP contribution in [0, 0.1) is 17.8 Å². The molecule has 1 saturated carbocycles. The molecule has 0 spiro atoms. The minimum Gasteiger partial charge on any atom is -0.300 e. The number of carbonyl (C=O) groups excluding carboxylic acids is 1. The monoisotopic (exact) mass is 221 g/mol. The van der Waals surface area contributed by atoms with Crippen molar-refractivity contribution in [3.63, 3.8) is 0 Å². The van der Waals surface area contributed by atoms with Crippen LogP contribution in [0.25, 0.3) is 0 Å². The molecule has 0 amide bonds. The molecular weight excluding hydrogens is 198 g/mol. The highest BCUT2D eigenvalue weighted by molar-refractivity contribution is 5.75. The van der Waals surface area contributed by atoms with Crippen molar-refractivity contribution >= 4 is 5.78 Å². The first-order valence-corrected chi connectivity index (χ1v) is 6.97. The molecule has 3 atom stereocenters. The van der Waals surface area contributed by atoms with E-state index in [4.69, 9.17) is 0 Å². The van der Waals surface area contributed by atoms with Crippen molar-refractivity contribution in [1.29, 1.82) is 0 Å². The minimum atomic E-state index is 0.373. The quantitative estimate of drug-likeness (QED) is 0.729. The number of nitrogens with zero attached hydrogens (tertiary/aromatic N) is 1. The Morgan fingerprint density at radius 3 is 2.62 bits per heavy atom. The van der Waals surface area contributed by atoms with E-state index in [9.17, 15) is 4.79 Å². The van der Waals surface area contributed by atoms with E-state index in [0.29, 0.717) is 5.78 Å². The third kappa shape index (κ3) is 1.81. The zero-order valence-electron chi connectivity index (χ0n) is 10.3. The van der Waals surface area contributed by atoms with E-state index >= 15 is 0 Å². The highest BCUT2D eigenvalue weighted by Crippen LogP contribution is 2.48. The summed E-state index contributed by atoms with van der Waals surface area (Å²) in [5.41, 5.74) is 0. The summed E-state index contributed by atoms with van der Waals surface area (Å²) in [5.74, 6) is 3.23. The van der Waals surface area contributed by atoms with Crippen LogP contribution in [-0.2, 0) is 4.79 Å². The molecule has 3 unspecified atom stereocenters. The SMILES string of the molecule is CC(=O)CCC1CC2C3CCN(CC3)C2C1. The van der Waals surface area contributed by atoms with E-state index in [2.05, 4.69) is 4.90 Å². The third-order valence-electron chi connectivity index (χ3n) is 5.23. The summed E-state index contributed by atoms with van der Waals surface area (Å²) in [6.45, 7) is 4.44. The average Bonchev–Trinajstić information content (AvgIpc) is 2.73. The summed E-state index contributed by atoms with van der Waals surface area (Å²) in [6.07, 6.45) is 7.66. The van der Waals surface area contributed by atoms with Gasteiger partial charge in [-0.15, -0.1) is 0 Å². The van der Waals surface area contributed by atoms with Crippen LogP contribution in [-0.4, -0.2) is 29.8 Å². The lowest BCUT2D eigenvalue weighted by atomic mass is 9.75. The van der Waals surface area contributed by atoms with Gasteiger partial charge in [0.1, 0.15) is 5.78 Å². The van der Waals surface area contributed by atoms with Crippen molar-refractivity contribution in [3.8, 4) is 0 Å². The van der Waals surface area contributed by atoms with Gasteiger partial charge < -0.3 is 9.69 Å². The molecule has 0 aromatic carbocycles. The van der Waals surface area contributed by atoms with Gasteiger partial charge in [0.05, 0.1) is 0 Å². The lowest BCUT2D eigenvalue weighted by Crippen LogP contribution is -2.52. The molecule has 0 aromatic rings. The number of rotatable bonds is 3. The van der Waals surface area contributed by atoms with Crippen molar-refractivity contribution in [2.24, 2.45) is 17.8 Å². The molecule has 2 heteroatoms. The number of ketones is 1. The molecular formula is C14H23NO. The molecule has 3 saturated heterocycles. The van der Waals surface area contributed by atoms with E-state index in [1.165, 1.54) is 38.8 Å². The maximum Gasteiger partial charge on any atom is 0.129 e. The Bertz CT molecular complexity index is 260. The molecule has 4 aliphatic rings. The molecule has 3 aliphatic heterocycles. The Morgan fingerprint density at radius 1 is 1.25 bits per heavy atom. The van der Waals surface area contributed by atoms with Gasteiger partial charge in [-0.3, -0.25) is 0 Å². The second kappa shape index (κ2) is 4.14. The summed E-state index contributed by atoms with van der Waals surface area (Å²) in [5, 5.41) is 0. The number of hydrogen-bond donors (Lipinski definition) is 0. The molecule has 2 bridgehead atoms. The van der Waals surface area contributed by atoms with Crippen LogP contribution in [0.5, 0.6) is 0 Å². The van der Waals surface area contributed by atoms with E-state index in [-0.39, 0.29) is 0 Å². The van der Waals surface area contributed by atoms with Crippen molar-refractivity contribution in [3.05, 3.63) is 0 Å². The number of carbonyl (C=O) groups is 1. The van der Waals surface area contributed by atoms with Crippen molar-refractivity contribution in [2.45, 2.75) is 51.5 Å². The second-order valence-electron chi connectivity index (χ2n) is 6.18. The number of hydrogen-bond acceptors (Lipinski definition) is 2. The first kappa shape index (κ1) is 10.8. The van der Waals surface area contributed by atoms with Crippen LogP contribution in [0.2, 0.25) is 0 Å². The molecule has 90 valence electrons. The Balaban J connectivity index is 1.61. The van der Waals surface area contributed by atoms with Gasteiger partial charge in [-0.2, -0.15) is 0 Å². The fourth-order valence-electron chi connectivity index (χ4n) is 4.40. The standard InChI is InChI=1S/C14H23NO/c1-10(16)2-3-11-8-13-12-4-6-15(7-5-12)14(13)9-11/h11-14H,2-9H2,1H3. The average molecular weight is 221 g/mol. The molecule has 16 heavy (non-hydrogen) atoms. The number of Topliss-reactive ketones (excluding diaryl/α,β-unsaturated/α-hetero) is 1. The van der Waals surface area contributed by atoms with Gasteiger partial charge in [0.2, 0.25) is 0 Å². The fourth-order valence-corrected chi connectivity index (χ4v) is 4.40. The highest BCUT2D eigenvalue weighted by Gasteiger charge is 2.47. The lowest BCUT2D eigenvalue weighted by molar-refractivity contribution is -0.117. The Labute approximate surface area is 98.4 Å². The summed E-state index contributed by atoms with van der Waals surface area (Å²) < 4.78 is 0. The number of fused-ring (bicyclic) bond motifs is 2. The van der Waals surface area contributed by atoms with Gasteiger partial charge >= 0.3 is 0 Å². The Kier molecular flexibility index (Phi) is 2.78. The summed E-state index contributed by atoms with van der Waals surface area (Å²) >= 11 is 0.